The van der Waals surface area contributed by atoms with Crippen LogP contribution in [0.4, 0.5) is 0 Å². The van der Waals surface area contributed by atoms with Crippen LogP contribution < -0.4 is 0 Å². The van der Waals surface area contributed by atoms with E-state index < -0.39 is 10.0 Å². The number of likely N-dealkylation sites (tertiary alicyclic amines) is 1. The van der Waals surface area contributed by atoms with E-state index in [1.54, 1.807) is 22.5 Å². The van der Waals surface area contributed by atoms with Gasteiger partial charge in [-0.25, -0.2) is 13.0 Å². The van der Waals surface area contributed by atoms with Crippen LogP contribution in [-0.4, -0.2) is 61.2 Å². The lowest BCUT2D eigenvalue weighted by Crippen LogP contribution is -2.40. The van der Waals surface area contributed by atoms with Crippen LogP contribution in [-0.2, 0) is 10.0 Å². The standard InChI is InChI=1S/C15H20N4O3S/c1-18-8-5-15(6-9-18)7-10-19(11-15)23(20,21)13-4-2-3-12-14(13)17-22-16-12/h2-4H,5-11H2,1H3. The summed E-state index contributed by atoms with van der Waals surface area (Å²) >= 11 is 0. The van der Waals surface area contributed by atoms with Crippen molar-refractivity contribution in [1.29, 1.82) is 0 Å². The number of piperidine rings is 1. The van der Waals surface area contributed by atoms with Crippen molar-refractivity contribution in [1.82, 2.24) is 19.5 Å². The van der Waals surface area contributed by atoms with E-state index in [2.05, 4.69) is 22.3 Å². The molecule has 3 heterocycles. The van der Waals surface area contributed by atoms with Crippen LogP contribution in [0.5, 0.6) is 0 Å². The number of aromatic nitrogens is 2. The molecule has 7 nitrogen and oxygen atoms in total. The lowest BCUT2D eigenvalue weighted by molar-refractivity contribution is 0.134. The van der Waals surface area contributed by atoms with Gasteiger partial charge in [0.2, 0.25) is 10.0 Å². The molecule has 4 rings (SSSR count). The van der Waals surface area contributed by atoms with Crippen molar-refractivity contribution in [3.8, 4) is 0 Å². The lowest BCUT2D eigenvalue weighted by Gasteiger charge is -2.37. The second-order valence-electron chi connectivity index (χ2n) is 6.78. The highest BCUT2D eigenvalue weighted by molar-refractivity contribution is 7.89. The van der Waals surface area contributed by atoms with E-state index in [0.29, 0.717) is 24.1 Å². The monoisotopic (exact) mass is 336 g/mol. The zero-order valence-electron chi connectivity index (χ0n) is 13.1. The second kappa shape index (κ2) is 5.25. The van der Waals surface area contributed by atoms with Crippen LogP contribution in [0.1, 0.15) is 19.3 Å². The fourth-order valence-corrected chi connectivity index (χ4v) is 5.42. The molecule has 0 unspecified atom stereocenters. The van der Waals surface area contributed by atoms with Crippen LogP contribution in [0, 0.1) is 5.41 Å². The van der Waals surface area contributed by atoms with Gasteiger partial charge in [-0.3, -0.25) is 0 Å². The molecule has 2 aromatic rings. The summed E-state index contributed by atoms with van der Waals surface area (Å²) in [7, 11) is -1.45. The number of nitrogens with zero attached hydrogens (tertiary/aromatic N) is 4. The number of hydrogen-bond donors (Lipinski definition) is 0. The predicted octanol–water partition coefficient (Wildman–Crippen LogP) is 1.33. The smallest absolute Gasteiger partial charge is 0.245 e. The van der Waals surface area contributed by atoms with E-state index in [4.69, 9.17) is 4.63 Å². The highest BCUT2D eigenvalue weighted by atomic mass is 32.2. The fourth-order valence-electron chi connectivity index (χ4n) is 3.73. The van der Waals surface area contributed by atoms with E-state index in [1.807, 2.05) is 0 Å². The zero-order chi connectivity index (χ0) is 16.1. The Bertz CT molecular complexity index is 824. The molecule has 2 aliphatic rings. The first kappa shape index (κ1) is 15.0. The molecule has 0 saturated carbocycles. The zero-order valence-corrected chi connectivity index (χ0v) is 13.9. The van der Waals surface area contributed by atoms with Gasteiger partial charge in [0.1, 0.15) is 10.4 Å². The molecule has 0 radical (unpaired) electrons. The summed E-state index contributed by atoms with van der Waals surface area (Å²) in [6.45, 7) is 3.26. The van der Waals surface area contributed by atoms with E-state index in [1.165, 1.54) is 0 Å². The SMILES string of the molecule is CN1CCC2(CC1)CCN(S(=O)(=O)c1cccc3nonc13)C2. The van der Waals surface area contributed by atoms with Crippen LogP contribution in [0.2, 0.25) is 0 Å². The number of benzene rings is 1. The Hall–Kier alpha value is -1.51. The van der Waals surface area contributed by atoms with Gasteiger partial charge in [-0.15, -0.1) is 0 Å². The average molecular weight is 336 g/mol. The summed E-state index contributed by atoms with van der Waals surface area (Å²) in [5, 5.41) is 7.51. The summed E-state index contributed by atoms with van der Waals surface area (Å²) in [6, 6.07) is 4.97. The first-order valence-corrected chi connectivity index (χ1v) is 9.34. The van der Waals surface area contributed by atoms with Crippen molar-refractivity contribution >= 4 is 21.1 Å². The number of fused-ring (bicyclic) bond motifs is 1. The Kier molecular flexibility index (Phi) is 3.44. The fraction of sp³-hybridized carbons (Fsp3) is 0.600. The van der Waals surface area contributed by atoms with E-state index in [9.17, 15) is 8.42 Å². The minimum atomic E-state index is -3.57. The Labute approximate surface area is 135 Å². The number of rotatable bonds is 2. The Morgan fingerprint density at radius 3 is 2.65 bits per heavy atom. The quantitative estimate of drug-likeness (QED) is 0.823. The van der Waals surface area contributed by atoms with Crippen molar-refractivity contribution in [3.05, 3.63) is 18.2 Å². The van der Waals surface area contributed by atoms with Gasteiger partial charge < -0.3 is 4.90 Å². The molecule has 2 saturated heterocycles. The summed E-state index contributed by atoms with van der Waals surface area (Å²) in [4.78, 5) is 2.51. The maximum atomic E-state index is 13.0. The molecule has 0 atom stereocenters. The third kappa shape index (κ3) is 2.45. The highest BCUT2D eigenvalue weighted by Crippen LogP contribution is 2.42. The van der Waals surface area contributed by atoms with Gasteiger partial charge in [-0.05, 0) is 67.3 Å². The minimum Gasteiger partial charge on any atom is -0.306 e. The van der Waals surface area contributed by atoms with Crippen molar-refractivity contribution in [3.63, 3.8) is 0 Å². The second-order valence-corrected chi connectivity index (χ2v) is 8.69. The highest BCUT2D eigenvalue weighted by Gasteiger charge is 2.44. The van der Waals surface area contributed by atoms with E-state index >= 15 is 0 Å². The van der Waals surface area contributed by atoms with Crippen molar-refractivity contribution in [2.45, 2.75) is 24.2 Å². The maximum absolute atomic E-state index is 13.0. The third-order valence-electron chi connectivity index (χ3n) is 5.32. The van der Waals surface area contributed by atoms with Crippen molar-refractivity contribution in [2.24, 2.45) is 5.41 Å². The van der Waals surface area contributed by atoms with Gasteiger partial charge in [0.25, 0.3) is 0 Å². The topological polar surface area (TPSA) is 79.5 Å². The van der Waals surface area contributed by atoms with Crippen molar-refractivity contribution in [2.75, 3.05) is 33.2 Å². The normalized spacial score (nSPS) is 23.0. The van der Waals surface area contributed by atoms with Crippen LogP contribution >= 0.6 is 0 Å². The predicted molar refractivity (Wildman–Crippen MR) is 84.3 cm³/mol. The molecule has 0 bridgehead atoms. The van der Waals surface area contributed by atoms with Gasteiger partial charge in [-0.2, -0.15) is 4.31 Å². The molecule has 124 valence electrons. The molecule has 0 amide bonds. The first-order valence-electron chi connectivity index (χ1n) is 7.90. The van der Waals surface area contributed by atoms with Crippen LogP contribution in [0.25, 0.3) is 11.0 Å². The van der Waals surface area contributed by atoms with Gasteiger partial charge in [-0.1, -0.05) is 6.07 Å². The molecule has 23 heavy (non-hydrogen) atoms. The summed E-state index contributed by atoms with van der Waals surface area (Å²) < 4.78 is 32.4. The summed E-state index contributed by atoms with van der Waals surface area (Å²) in [5.74, 6) is 0. The van der Waals surface area contributed by atoms with E-state index in [-0.39, 0.29) is 10.3 Å². The van der Waals surface area contributed by atoms with Gasteiger partial charge in [0.05, 0.1) is 0 Å². The molecule has 2 aliphatic heterocycles. The molecule has 1 aromatic heterocycles. The molecule has 0 N–H and O–H groups in total. The first-order chi connectivity index (χ1) is 11.0. The summed E-state index contributed by atoms with van der Waals surface area (Å²) in [6.07, 6.45) is 3.06. The number of sulfonamides is 1. The molecular formula is C15H20N4O3S. The molecule has 0 aliphatic carbocycles. The Morgan fingerprint density at radius 1 is 1.13 bits per heavy atom. The molecule has 1 spiro atoms. The van der Waals surface area contributed by atoms with Crippen molar-refractivity contribution < 1.29 is 13.0 Å². The average Bonchev–Trinajstić information content (AvgIpc) is 3.18. The Morgan fingerprint density at radius 2 is 1.87 bits per heavy atom. The lowest BCUT2D eigenvalue weighted by atomic mass is 9.78. The van der Waals surface area contributed by atoms with Gasteiger partial charge in [0, 0.05) is 13.1 Å². The largest absolute Gasteiger partial charge is 0.306 e. The maximum Gasteiger partial charge on any atom is 0.245 e. The molecule has 2 fully saturated rings. The molecular weight excluding hydrogens is 316 g/mol. The van der Waals surface area contributed by atoms with Crippen LogP contribution in [0.15, 0.2) is 27.7 Å². The van der Waals surface area contributed by atoms with Crippen LogP contribution in [0.3, 0.4) is 0 Å². The summed E-state index contributed by atoms with van der Waals surface area (Å²) in [5.41, 5.74) is 0.923. The Balaban J connectivity index is 1.64. The molecule has 8 heteroatoms. The minimum absolute atomic E-state index is 0.134. The molecule has 1 aromatic carbocycles. The number of hydrogen-bond acceptors (Lipinski definition) is 6. The van der Waals surface area contributed by atoms with E-state index in [0.717, 1.165) is 32.4 Å². The van der Waals surface area contributed by atoms with Gasteiger partial charge in [0.15, 0.2) is 5.52 Å². The third-order valence-corrected chi connectivity index (χ3v) is 7.19. The van der Waals surface area contributed by atoms with Gasteiger partial charge >= 0.3 is 0 Å².